The van der Waals surface area contributed by atoms with Crippen molar-refractivity contribution in [2.24, 2.45) is 5.92 Å². The second-order valence-electron chi connectivity index (χ2n) is 6.61. The first kappa shape index (κ1) is 18.9. The zero-order valence-electron chi connectivity index (χ0n) is 14.5. The third-order valence-electron chi connectivity index (χ3n) is 4.94. The van der Waals surface area contributed by atoms with E-state index in [1.54, 1.807) is 12.1 Å². The van der Waals surface area contributed by atoms with Crippen molar-refractivity contribution in [3.05, 3.63) is 29.8 Å². The number of hydrogen-bond donors (Lipinski definition) is 1. The molecule has 0 bridgehead atoms. The van der Waals surface area contributed by atoms with Gasteiger partial charge in [0.2, 0.25) is 10.0 Å². The van der Waals surface area contributed by atoms with Gasteiger partial charge < -0.3 is 0 Å². The van der Waals surface area contributed by atoms with Crippen molar-refractivity contribution in [1.29, 1.82) is 5.26 Å². The molecular formula is C18H27N3O2S. The predicted octanol–water partition coefficient (Wildman–Crippen LogP) is 2.71. The summed E-state index contributed by atoms with van der Waals surface area (Å²) in [7, 11) is -3.45. The third-order valence-corrected chi connectivity index (χ3v) is 6.37. The fourth-order valence-corrected chi connectivity index (χ4v) is 4.09. The van der Waals surface area contributed by atoms with Crippen LogP contribution in [0, 0.1) is 17.2 Å². The van der Waals surface area contributed by atoms with E-state index >= 15 is 0 Å². The van der Waals surface area contributed by atoms with Crippen molar-refractivity contribution < 1.29 is 8.42 Å². The lowest BCUT2D eigenvalue weighted by Gasteiger charge is -2.30. The fraction of sp³-hybridized carbons (Fsp3) is 0.611. The van der Waals surface area contributed by atoms with Gasteiger partial charge >= 0.3 is 0 Å². The quantitative estimate of drug-likeness (QED) is 0.768. The van der Waals surface area contributed by atoms with Gasteiger partial charge in [0.05, 0.1) is 17.5 Å². The number of benzene rings is 1. The number of sulfonamides is 1. The highest BCUT2D eigenvalue weighted by molar-refractivity contribution is 7.89. The molecule has 1 atom stereocenters. The predicted molar refractivity (Wildman–Crippen MR) is 95.1 cm³/mol. The zero-order chi connectivity index (χ0) is 17.6. The van der Waals surface area contributed by atoms with Crippen LogP contribution in [0.4, 0.5) is 0 Å². The van der Waals surface area contributed by atoms with E-state index in [1.807, 2.05) is 12.1 Å². The van der Waals surface area contributed by atoms with Gasteiger partial charge in [-0.1, -0.05) is 26.0 Å². The van der Waals surface area contributed by atoms with Crippen LogP contribution in [0.3, 0.4) is 0 Å². The maximum Gasteiger partial charge on any atom is 0.240 e. The number of nitrogens with zero attached hydrogens (tertiary/aromatic N) is 2. The molecule has 1 fully saturated rings. The second-order valence-corrected chi connectivity index (χ2v) is 8.37. The molecular weight excluding hydrogens is 322 g/mol. The van der Waals surface area contributed by atoms with Crippen LogP contribution in [0.5, 0.6) is 0 Å². The molecule has 1 aliphatic heterocycles. The van der Waals surface area contributed by atoms with Gasteiger partial charge in [-0.25, -0.2) is 13.1 Å². The minimum Gasteiger partial charge on any atom is -0.291 e. The maximum atomic E-state index is 12.4. The minimum absolute atomic E-state index is 0.330. The highest BCUT2D eigenvalue weighted by Crippen LogP contribution is 2.21. The first-order valence-electron chi connectivity index (χ1n) is 8.65. The number of nitriles is 1. The molecule has 1 saturated heterocycles. The van der Waals surface area contributed by atoms with E-state index < -0.39 is 10.0 Å². The van der Waals surface area contributed by atoms with Gasteiger partial charge in [0.1, 0.15) is 0 Å². The van der Waals surface area contributed by atoms with E-state index in [0.29, 0.717) is 29.8 Å². The monoisotopic (exact) mass is 349 g/mol. The third kappa shape index (κ3) is 5.04. The summed E-state index contributed by atoms with van der Waals surface area (Å²) in [5.41, 5.74) is 1.17. The highest BCUT2D eigenvalue weighted by Gasteiger charge is 2.21. The average molecular weight is 350 g/mol. The molecule has 5 nitrogen and oxygen atoms in total. The molecule has 6 heteroatoms. The Balaban J connectivity index is 1.89. The Kier molecular flexibility index (Phi) is 6.79. The van der Waals surface area contributed by atoms with Crippen molar-refractivity contribution in [3.63, 3.8) is 0 Å². The second kappa shape index (κ2) is 8.61. The average Bonchev–Trinajstić information content (AvgIpc) is 2.61. The number of nitrogens with one attached hydrogen (secondary N) is 1. The van der Waals surface area contributed by atoms with E-state index in [9.17, 15) is 8.42 Å². The number of rotatable bonds is 7. The largest absolute Gasteiger partial charge is 0.291 e. The lowest BCUT2D eigenvalue weighted by atomic mass is 9.97. The zero-order valence-corrected chi connectivity index (χ0v) is 15.3. The first-order valence-corrected chi connectivity index (χ1v) is 10.1. The van der Waals surface area contributed by atoms with E-state index in [-0.39, 0.29) is 0 Å². The maximum absolute atomic E-state index is 12.4. The Morgan fingerprint density at radius 2 is 1.92 bits per heavy atom. The van der Waals surface area contributed by atoms with Gasteiger partial charge in [0.15, 0.2) is 0 Å². The summed E-state index contributed by atoms with van der Waals surface area (Å²) in [6.45, 7) is 6.92. The Morgan fingerprint density at radius 3 is 2.46 bits per heavy atom. The molecule has 1 N–H and O–H groups in total. The SMILES string of the molecule is CC[C@@H](C)c1ccc(S(=O)(=O)NCC2CCN(CC#N)CC2)cc1. The lowest BCUT2D eigenvalue weighted by molar-refractivity contribution is 0.204. The van der Waals surface area contributed by atoms with E-state index in [1.165, 1.54) is 5.56 Å². The molecule has 0 aliphatic carbocycles. The number of hydrogen-bond acceptors (Lipinski definition) is 4. The summed E-state index contributed by atoms with van der Waals surface area (Å²) in [5.74, 6) is 0.780. The van der Waals surface area contributed by atoms with Crippen molar-refractivity contribution in [3.8, 4) is 6.07 Å². The van der Waals surface area contributed by atoms with E-state index in [0.717, 1.165) is 32.4 Å². The van der Waals surface area contributed by atoms with Crippen molar-refractivity contribution in [1.82, 2.24) is 9.62 Å². The normalized spacial score (nSPS) is 18.2. The molecule has 0 spiro atoms. The molecule has 1 aromatic carbocycles. The Hall–Kier alpha value is -1.42. The summed E-state index contributed by atoms with van der Waals surface area (Å²) < 4.78 is 27.6. The number of piperidine rings is 1. The summed E-state index contributed by atoms with van der Waals surface area (Å²) in [6, 6.07) is 9.36. The Labute approximate surface area is 145 Å². The molecule has 1 heterocycles. The summed E-state index contributed by atoms with van der Waals surface area (Å²) in [4.78, 5) is 2.44. The smallest absolute Gasteiger partial charge is 0.240 e. The summed E-state index contributed by atoms with van der Waals surface area (Å²) in [6.07, 6.45) is 2.89. The van der Waals surface area contributed by atoms with Gasteiger partial charge in [0, 0.05) is 6.54 Å². The van der Waals surface area contributed by atoms with E-state index in [2.05, 4.69) is 29.5 Å². The molecule has 1 aliphatic rings. The van der Waals surface area contributed by atoms with Gasteiger partial charge in [-0.2, -0.15) is 5.26 Å². The van der Waals surface area contributed by atoms with Crippen molar-refractivity contribution in [2.45, 2.75) is 43.9 Å². The van der Waals surface area contributed by atoms with Gasteiger partial charge in [0.25, 0.3) is 0 Å². The van der Waals surface area contributed by atoms with E-state index in [4.69, 9.17) is 5.26 Å². The molecule has 1 aromatic rings. The molecule has 0 aromatic heterocycles. The van der Waals surface area contributed by atoms with Crippen LogP contribution in [0.25, 0.3) is 0 Å². The lowest BCUT2D eigenvalue weighted by Crippen LogP contribution is -2.38. The summed E-state index contributed by atoms with van der Waals surface area (Å²) in [5, 5.41) is 8.71. The van der Waals surface area contributed by atoms with Crippen molar-refractivity contribution in [2.75, 3.05) is 26.2 Å². The van der Waals surface area contributed by atoms with Crippen LogP contribution in [0.2, 0.25) is 0 Å². The van der Waals surface area contributed by atoms with Gasteiger partial charge in [-0.3, -0.25) is 4.90 Å². The minimum atomic E-state index is -3.45. The van der Waals surface area contributed by atoms with Gasteiger partial charge in [-0.15, -0.1) is 0 Å². The molecule has 132 valence electrons. The number of likely N-dealkylation sites (tertiary alicyclic amines) is 1. The van der Waals surface area contributed by atoms with Crippen LogP contribution >= 0.6 is 0 Å². The molecule has 0 radical (unpaired) electrons. The van der Waals surface area contributed by atoms with Crippen LogP contribution in [-0.2, 0) is 10.0 Å². The standard InChI is InChI=1S/C18H27N3O2S/c1-3-15(2)17-4-6-18(7-5-17)24(22,23)20-14-16-8-11-21(12-9-16)13-10-19/h4-7,15-16,20H,3,8-9,11-14H2,1-2H3/t15-/m1/s1. The topological polar surface area (TPSA) is 73.2 Å². The van der Waals surface area contributed by atoms with Crippen LogP contribution in [0.15, 0.2) is 29.2 Å². The highest BCUT2D eigenvalue weighted by atomic mass is 32.2. The Morgan fingerprint density at radius 1 is 1.29 bits per heavy atom. The van der Waals surface area contributed by atoms with Crippen LogP contribution in [-0.4, -0.2) is 39.5 Å². The summed E-state index contributed by atoms with van der Waals surface area (Å²) >= 11 is 0. The van der Waals surface area contributed by atoms with Crippen LogP contribution < -0.4 is 4.72 Å². The molecule has 0 saturated carbocycles. The molecule has 24 heavy (non-hydrogen) atoms. The van der Waals surface area contributed by atoms with Crippen LogP contribution in [0.1, 0.15) is 44.6 Å². The molecule has 0 unspecified atom stereocenters. The molecule has 0 amide bonds. The fourth-order valence-electron chi connectivity index (χ4n) is 2.97. The van der Waals surface area contributed by atoms with Gasteiger partial charge in [-0.05, 0) is 61.9 Å². The molecule has 2 rings (SSSR count). The van der Waals surface area contributed by atoms with Crippen molar-refractivity contribution >= 4 is 10.0 Å². The first-order chi connectivity index (χ1) is 11.5. The Bertz CT molecular complexity index is 656.